The Labute approximate surface area is 148 Å². The molecule has 5 nitrogen and oxygen atoms in total. The van der Waals surface area contributed by atoms with E-state index in [-0.39, 0.29) is 18.3 Å². The van der Waals surface area contributed by atoms with Gasteiger partial charge in [0.1, 0.15) is 5.75 Å². The Morgan fingerprint density at radius 3 is 2.58 bits per heavy atom. The number of benzene rings is 1. The quantitative estimate of drug-likeness (QED) is 0.903. The third-order valence-electron chi connectivity index (χ3n) is 5.31. The van der Waals surface area contributed by atoms with Crippen molar-refractivity contribution in [1.82, 2.24) is 4.90 Å². The Morgan fingerprint density at radius 2 is 2.00 bits per heavy atom. The summed E-state index contributed by atoms with van der Waals surface area (Å²) in [5.41, 5.74) is 0.486. The molecule has 1 saturated heterocycles. The maximum absolute atomic E-state index is 13.2. The number of carbonyl (C=O) groups is 2. The minimum Gasteiger partial charge on any atom is -0.497 e. The summed E-state index contributed by atoms with van der Waals surface area (Å²) in [7, 11) is 1.63. The summed E-state index contributed by atoms with van der Waals surface area (Å²) in [5, 5.41) is 9.17. The summed E-state index contributed by atoms with van der Waals surface area (Å²) < 4.78 is 5.31. The number of halogens is 1. The molecule has 0 aromatic heterocycles. The highest BCUT2D eigenvalue weighted by Crippen LogP contribution is 2.44. The first-order valence-corrected chi connectivity index (χ1v) is 8.23. The van der Waals surface area contributed by atoms with Crippen molar-refractivity contribution in [3.63, 3.8) is 0 Å². The lowest BCUT2D eigenvalue weighted by atomic mass is 9.77. The SMILES string of the molecule is COc1cccc(C2(C(=O)N3CCC(C(=O)O)C3)CCCC2)c1.Cl. The van der Waals surface area contributed by atoms with E-state index in [2.05, 4.69) is 0 Å². The van der Waals surface area contributed by atoms with Gasteiger partial charge in [-0.15, -0.1) is 12.4 Å². The number of ether oxygens (including phenoxy) is 1. The molecule has 24 heavy (non-hydrogen) atoms. The van der Waals surface area contributed by atoms with Crippen LogP contribution in [0.4, 0.5) is 0 Å². The summed E-state index contributed by atoms with van der Waals surface area (Å²) >= 11 is 0. The Morgan fingerprint density at radius 1 is 1.29 bits per heavy atom. The Balaban J connectivity index is 0.00000208. The topological polar surface area (TPSA) is 66.8 Å². The smallest absolute Gasteiger partial charge is 0.308 e. The Hall–Kier alpha value is -1.75. The molecular formula is C18H24ClNO4. The monoisotopic (exact) mass is 353 g/mol. The van der Waals surface area contributed by atoms with E-state index in [4.69, 9.17) is 4.74 Å². The van der Waals surface area contributed by atoms with Gasteiger partial charge in [-0.1, -0.05) is 25.0 Å². The average Bonchev–Trinajstić information content (AvgIpc) is 3.24. The van der Waals surface area contributed by atoms with E-state index in [1.807, 2.05) is 24.3 Å². The Kier molecular flexibility index (Phi) is 5.75. The molecule has 1 aliphatic heterocycles. The van der Waals surface area contributed by atoms with Gasteiger partial charge < -0.3 is 14.7 Å². The molecule has 1 aromatic carbocycles. The lowest BCUT2D eigenvalue weighted by molar-refractivity contribution is -0.142. The molecule has 6 heteroatoms. The van der Waals surface area contributed by atoms with Crippen LogP contribution >= 0.6 is 12.4 Å². The summed E-state index contributed by atoms with van der Waals surface area (Å²) in [5.74, 6) is -0.386. The van der Waals surface area contributed by atoms with Crippen LogP contribution in [0, 0.1) is 5.92 Å². The second kappa shape index (κ2) is 7.43. The number of amides is 1. The molecule has 1 atom stereocenters. The number of carbonyl (C=O) groups excluding carboxylic acids is 1. The van der Waals surface area contributed by atoms with Crippen molar-refractivity contribution in [2.24, 2.45) is 5.92 Å². The molecule has 132 valence electrons. The van der Waals surface area contributed by atoms with Gasteiger partial charge in [-0.3, -0.25) is 9.59 Å². The fourth-order valence-electron chi connectivity index (χ4n) is 3.97. The molecule has 1 heterocycles. The summed E-state index contributed by atoms with van der Waals surface area (Å²) in [6, 6.07) is 7.75. The van der Waals surface area contributed by atoms with Gasteiger partial charge in [-0.2, -0.15) is 0 Å². The minimum atomic E-state index is -0.804. The van der Waals surface area contributed by atoms with Crippen LogP contribution in [-0.4, -0.2) is 42.1 Å². The van der Waals surface area contributed by atoms with Crippen molar-refractivity contribution in [3.8, 4) is 5.75 Å². The number of methoxy groups -OCH3 is 1. The van der Waals surface area contributed by atoms with Crippen LogP contribution in [0.5, 0.6) is 5.75 Å². The zero-order valence-corrected chi connectivity index (χ0v) is 14.7. The number of carboxylic acids is 1. The van der Waals surface area contributed by atoms with E-state index < -0.39 is 17.3 Å². The standard InChI is InChI=1S/C18H23NO4.ClH/c1-23-15-6-4-5-14(11-15)18(8-2-3-9-18)17(22)19-10-7-13(12-19)16(20)21;/h4-6,11,13H,2-3,7-10,12H2,1H3,(H,20,21);1H. The van der Waals surface area contributed by atoms with Gasteiger partial charge >= 0.3 is 5.97 Å². The number of aliphatic carboxylic acids is 1. The van der Waals surface area contributed by atoms with Crippen LogP contribution in [-0.2, 0) is 15.0 Å². The molecule has 1 aliphatic carbocycles. The second-order valence-electron chi connectivity index (χ2n) is 6.60. The average molecular weight is 354 g/mol. The number of hydrogen-bond acceptors (Lipinski definition) is 3. The molecule has 1 amide bonds. The van der Waals surface area contributed by atoms with Crippen molar-refractivity contribution < 1.29 is 19.4 Å². The molecular weight excluding hydrogens is 330 g/mol. The number of rotatable bonds is 4. The summed E-state index contributed by atoms with van der Waals surface area (Å²) in [4.78, 5) is 26.2. The maximum Gasteiger partial charge on any atom is 0.308 e. The summed E-state index contributed by atoms with van der Waals surface area (Å²) in [6.45, 7) is 0.876. The van der Waals surface area contributed by atoms with Crippen LogP contribution in [0.2, 0.25) is 0 Å². The number of nitrogens with zero attached hydrogens (tertiary/aromatic N) is 1. The van der Waals surface area contributed by atoms with Crippen molar-refractivity contribution in [2.75, 3.05) is 20.2 Å². The third kappa shape index (κ3) is 3.22. The van der Waals surface area contributed by atoms with Crippen molar-refractivity contribution in [3.05, 3.63) is 29.8 Å². The molecule has 0 radical (unpaired) electrons. The predicted molar refractivity (Wildman–Crippen MR) is 92.7 cm³/mol. The fraction of sp³-hybridized carbons (Fsp3) is 0.556. The number of hydrogen-bond donors (Lipinski definition) is 1. The van der Waals surface area contributed by atoms with Gasteiger partial charge in [0.2, 0.25) is 5.91 Å². The second-order valence-corrected chi connectivity index (χ2v) is 6.60. The van der Waals surface area contributed by atoms with Gasteiger partial charge in [0, 0.05) is 13.1 Å². The lowest BCUT2D eigenvalue weighted by Crippen LogP contribution is -2.44. The largest absolute Gasteiger partial charge is 0.497 e. The number of likely N-dealkylation sites (tertiary alicyclic amines) is 1. The normalized spacial score (nSPS) is 22.0. The third-order valence-corrected chi connectivity index (χ3v) is 5.31. The van der Waals surface area contributed by atoms with E-state index in [9.17, 15) is 14.7 Å². The predicted octanol–water partition coefficient (Wildman–Crippen LogP) is 2.86. The lowest BCUT2D eigenvalue weighted by Gasteiger charge is -2.33. The first-order valence-electron chi connectivity index (χ1n) is 8.23. The highest BCUT2D eigenvalue weighted by molar-refractivity contribution is 5.89. The molecule has 1 aromatic rings. The first-order chi connectivity index (χ1) is 11.1. The zero-order valence-electron chi connectivity index (χ0n) is 13.9. The van der Waals surface area contributed by atoms with Gasteiger partial charge in [0.25, 0.3) is 0 Å². The van der Waals surface area contributed by atoms with Crippen LogP contribution < -0.4 is 4.74 Å². The molecule has 2 fully saturated rings. The van der Waals surface area contributed by atoms with E-state index in [1.165, 1.54) is 0 Å². The molecule has 1 N–H and O–H groups in total. The molecule has 2 aliphatic rings. The minimum absolute atomic E-state index is 0. The van der Waals surface area contributed by atoms with Crippen LogP contribution in [0.25, 0.3) is 0 Å². The van der Waals surface area contributed by atoms with Crippen molar-refractivity contribution in [1.29, 1.82) is 0 Å². The number of carboxylic acid groups (broad SMARTS) is 1. The van der Waals surface area contributed by atoms with Crippen molar-refractivity contribution in [2.45, 2.75) is 37.5 Å². The van der Waals surface area contributed by atoms with Crippen LogP contribution in [0.15, 0.2) is 24.3 Å². The van der Waals surface area contributed by atoms with E-state index in [0.29, 0.717) is 19.5 Å². The molecule has 1 unspecified atom stereocenters. The molecule has 3 rings (SSSR count). The van der Waals surface area contributed by atoms with Crippen molar-refractivity contribution >= 4 is 24.3 Å². The highest BCUT2D eigenvalue weighted by Gasteiger charge is 2.47. The zero-order chi connectivity index (χ0) is 16.4. The first kappa shape index (κ1) is 18.6. The van der Waals surface area contributed by atoms with Gasteiger partial charge in [0.15, 0.2) is 0 Å². The van der Waals surface area contributed by atoms with Crippen LogP contribution in [0.1, 0.15) is 37.7 Å². The molecule has 0 bridgehead atoms. The highest BCUT2D eigenvalue weighted by atomic mass is 35.5. The van der Waals surface area contributed by atoms with Gasteiger partial charge in [-0.05, 0) is 37.0 Å². The summed E-state index contributed by atoms with van der Waals surface area (Å²) in [6.07, 6.45) is 4.26. The molecule has 0 spiro atoms. The fourth-order valence-corrected chi connectivity index (χ4v) is 3.97. The Bertz CT molecular complexity index is 613. The van der Waals surface area contributed by atoms with Gasteiger partial charge in [-0.25, -0.2) is 0 Å². The van der Waals surface area contributed by atoms with Crippen LogP contribution in [0.3, 0.4) is 0 Å². The van der Waals surface area contributed by atoms with E-state index in [0.717, 1.165) is 37.0 Å². The molecule has 1 saturated carbocycles. The van der Waals surface area contributed by atoms with E-state index >= 15 is 0 Å². The van der Waals surface area contributed by atoms with E-state index in [1.54, 1.807) is 12.0 Å². The maximum atomic E-state index is 13.2. The van der Waals surface area contributed by atoms with Gasteiger partial charge in [0.05, 0.1) is 18.4 Å².